The first-order chi connectivity index (χ1) is 5.74. The van der Waals surface area contributed by atoms with E-state index in [1.54, 1.807) is 6.92 Å². The fourth-order valence-corrected chi connectivity index (χ4v) is 1.66. The second-order valence-corrected chi connectivity index (χ2v) is 3.35. The number of amides is 1. The first kappa shape index (κ1) is 9.52. The molecule has 3 heteroatoms. The zero-order valence-corrected chi connectivity index (χ0v) is 7.97. The smallest absolute Gasteiger partial charge is 0.219 e. The van der Waals surface area contributed by atoms with E-state index in [9.17, 15) is 4.79 Å². The van der Waals surface area contributed by atoms with Gasteiger partial charge in [0.15, 0.2) is 0 Å². The zero-order valence-electron chi connectivity index (χ0n) is 7.97. The molecular weight excluding hydrogens is 152 g/mol. The van der Waals surface area contributed by atoms with Crippen LogP contribution >= 0.6 is 0 Å². The van der Waals surface area contributed by atoms with E-state index in [0.717, 1.165) is 19.6 Å². The molecule has 1 heterocycles. The Kier molecular flexibility index (Phi) is 3.53. The van der Waals surface area contributed by atoms with Gasteiger partial charge in [-0.3, -0.25) is 4.79 Å². The fourth-order valence-electron chi connectivity index (χ4n) is 1.66. The summed E-state index contributed by atoms with van der Waals surface area (Å²) in [5.74, 6) is 0.186. The van der Waals surface area contributed by atoms with Crippen molar-refractivity contribution < 1.29 is 4.79 Å². The monoisotopic (exact) mass is 170 g/mol. The number of carbonyl (C=O) groups is 1. The molecule has 12 heavy (non-hydrogen) atoms. The molecule has 1 amide bonds. The highest BCUT2D eigenvalue weighted by Gasteiger charge is 2.17. The molecule has 3 nitrogen and oxygen atoms in total. The Morgan fingerprint density at radius 1 is 1.67 bits per heavy atom. The number of nitrogens with one attached hydrogen (secondary N) is 1. The highest BCUT2D eigenvalue weighted by Crippen LogP contribution is 2.06. The van der Waals surface area contributed by atoms with Crippen LogP contribution < -0.4 is 5.32 Å². The second-order valence-electron chi connectivity index (χ2n) is 3.35. The normalized spacial score (nSPS) is 22.7. The lowest BCUT2D eigenvalue weighted by Gasteiger charge is -2.22. The fraction of sp³-hybridized carbons (Fsp3) is 0.889. The average molecular weight is 170 g/mol. The van der Waals surface area contributed by atoms with E-state index in [2.05, 4.69) is 5.32 Å². The SMILES string of the molecule is CCN(C[C@H]1CCCN1)C(C)=O. The van der Waals surface area contributed by atoms with Gasteiger partial charge in [0, 0.05) is 26.1 Å². The molecule has 70 valence electrons. The molecule has 1 atom stereocenters. The van der Waals surface area contributed by atoms with Gasteiger partial charge in [-0.15, -0.1) is 0 Å². The van der Waals surface area contributed by atoms with Crippen molar-refractivity contribution in [2.24, 2.45) is 0 Å². The Morgan fingerprint density at radius 2 is 2.42 bits per heavy atom. The molecule has 1 saturated heterocycles. The summed E-state index contributed by atoms with van der Waals surface area (Å²) in [6.07, 6.45) is 2.46. The number of rotatable bonds is 3. The van der Waals surface area contributed by atoms with Crippen molar-refractivity contribution in [2.75, 3.05) is 19.6 Å². The molecule has 1 fully saturated rings. The molecular formula is C9H18N2O. The Hall–Kier alpha value is -0.570. The van der Waals surface area contributed by atoms with Crippen LogP contribution in [0.15, 0.2) is 0 Å². The van der Waals surface area contributed by atoms with Crippen LogP contribution in [0.5, 0.6) is 0 Å². The highest BCUT2D eigenvalue weighted by atomic mass is 16.2. The van der Waals surface area contributed by atoms with Crippen molar-refractivity contribution in [3.8, 4) is 0 Å². The summed E-state index contributed by atoms with van der Waals surface area (Å²) < 4.78 is 0. The molecule has 0 radical (unpaired) electrons. The Morgan fingerprint density at radius 3 is 2.83 bits per heavy atom. The van der Waals surface area contributed by atoms with E-state index >= 15 is 0 Å². The van der Waals surface area contributed by atoms with Crippen LogP contribution in [0.25, 0.3) is 0 Å². The standard InChI is InChI=1S/C9H18N2O/c1-3-11(8(2)12)7-9-5-4-6-10-9/h9-10H,3-7H2,1-2H3/t9-/m1/s1. The Labute approximate surface area is 74.1 Å². The predicted molar refractivity (Wildman–Crippen MR) is 49.0 cm³/mol. The number of carbonyl (C=O) groups excluding carboxylic acids is 1. The van der Waals surface area contributed by atoms with Gasteiger partial charge in [0.1, 0.15) is 0 Å². The van der Waals surface area contributed by atoms with Crippen LogP contribution in [0, 0.1) is 0 Å². The number of hydrogen-bond acceptors (Lipinski definition) is 2. The lowest BCUT2D eigenvalue weighted by Crippen LogP contribution is -2.39. The molecule has 0 aromatic carbocycles. The molecule has 0 unspecified atom stereocenters. The van der Waals surface area contributed by atoms with E-state index < -0.39 is 0 Å². The van der Waals surface area contributed by atoms with Crippen molar-refractivity contribution in [3.63, 3.8) is 0 Å². The minimum atomic E-state index is 0.186. The van der Waals surface area contributed by atoms with Gasteiger partial charge in [-0.05, 0) is 26.3 Å². The van der Waals surface area contributed by atoms with Crippen molar-refractivity contribution in [1.82, 2.24) is 10.2 Å². The topological polar surface area (TPSA) is 32.3 Å². The van der Waals surface area contributed by atoms with E-state index in [4.69, 9.17) is 0 Å². The van der Waals surface area contributed by atoms with Crippen LogP contribution in [-0.2, 0) is 4.79 Å². The zero-order chi connectivity index (χ0) is 8.97. The lowest BCUT2D eigenvalue weighted by atomic mass is 10.2. The van der Waals surface area contributed by atoms with Gasteiger partial charge < -0.3 is 10.2 Å². The van der Waals surface area contributed by atoms with Crippen molar-refractivity contribution in [2.45, 2.75) is 32.7 Å². The van der Waals surface area contributed by atoms with Gasteiger partial charge in [-0.1, -0.05) is 0 Å². The largest absolute Gasteiger partial charge is 0.342 e. The summed E-state index contributed by atoms with van der Waals surface area (Å²) in [6, 6.07) is 0.536. The third-order valence-corrected chi connectivity index (χ3v) is 2.43. The van der Waals surface area contributed by atoms with Crippen LogP contribution in [0.2, 0.25) is 0 Å². The van der Waals surface area contributed by atoms with Gasteiger partial charge >= 0.3 is 0 Å². The van der Waals surface area contributed by atoms with Gasteiger partial charge in [-0.2, -0.15) is 0 Å². The molecule has 1 aliphatic heterocycles. The molecule has 0 aromatic rings. The average Bonchev–Trinajstić information content (AvgIpc) is 2.51. The third-order valence-electron chi connectivity index (χ3n) is 2.43. The highest BCUT2D eigenvalue weighted by molar-refractivity contribution is 5.73. The minimum Gasteiger partial charge on any atom is -0.342 e. The summed E-state index contributed by atoms with van der Waals surface area (Å²) in [5, 5.41) is 3.38. The van der Waals surface area contributed by atoms with E-state index in [0.29, 0.717) is 6.04 Å². The van der Waals surface area contributed by atoms with E-state index in [-0.39, 0.29) is 5.91 Å². The van der Waals surface area contributed by atoms with Crippen molar-refractivity contribution >= 4 is 5.91 Å². The van der Waals surface area contributed by atoms with Gasteiger partial charge in [-0.25, -0.2) is 0 Å². The van der Waals surface area contributed by atoms with Crippen LogP contribution in [-0.4, -0.2) is 36.5 Å². The minimum absolute atomic E-state index is 0.186. The molecule has 1 aliphatic rings. The summed E-state index contributed by atoms with van der Waals surface area (Å²) >= 11 is 0. The van der Waals surface area contributed by atoms with E-state index in [1.165, 1.54) is 12.8 Å². The Balaban J connectivity index is 2.30. The summed E-state index contributed by atoms with van der Waals surface area (Å²) in [6.45, 7) is 6.48. The quantitative estimate of drug-likeness (QED) is 0.673. The van der Waals surface area contributed by atoms with Crippen LogP contribution in [0.4, 0.5) is 0 Å². The number of likely N-dealkylation sites (N-methyl/N-ethyl adjacent to an activating group) is 1. The van der Waals surface area contributed by atoms with Gasteiger partial charge in [0.05, 0.1) is 0 Å². The van der Waals surface area contributed by atoms with Crippen molar-refractivity contribution in [1.29, 1.82) is 0 Å². The second kappa shape index (κ2) is 4.45. The van der Waals surface area contributed by atoms with E-state index in [1.807, 2.05) is 11.8 Å². The number of nitrogens with zero attached hydrogens (tertiary/aromatic N) is 1. The molecule has 0 aromatic heterocycles. The summed E-state index contributed by atoms with van der Waals surface area (Å²) in [5.41, 5.74) is 0. The Bertz CT molecular complexity index is 153. The molecule has 1 N–H and O–H groups in total. The van der Waals surface area contributed by atoms with Crippen molar-refractivity contribution in [3.05, 3.63) is 0 Å². The number of hydrogen-bond donors (Lipinski definition) is 1. The maximum atomic E-state index is 11.1. The van der Waals surface area contributed by atoms with Crippen LogP contribution in [0.3, 0.4) is 0 Å². The molecule has 0 saturated carbocycles. The maximum absolute atomic E-state index is 11.1. The molecule has 0 spiro atoms. The first-order valence-corrected chi connectivity index (χ1v) is 4.73. The third kappa shape index (κ3) is 2.48. The van der Waals surface area contributed by atoms with Crippen LogP contribution in [0.1, 0.15) is 26.7 Å². The van der Waals surface area contributed by atoms with Gasteiger partial charge in [0.25, 0.3) is 0 Å². The molecule has 0 bridgehead atoms. The maximum Gasteiger partial charge on any atom is 0.219 e. The van der Waals surface area contributed by atoms with Gasteiger partial charge in [0.2, 0.25) is 5.91 Å². The lowest BCUT2D eigenvalue weighted by molar-refractivity contribution is -0.128. The first-order valence-electron chi connectivity index (χ1n) is 4.73. The predicted octanol–water partition coefficient (Wildman–Crippen LogP) is 0.607. The summed E-state index contributed by atoms with van der Waals surface area (Å²) in [7, 11) is 0. The summed E-state index contributed by atoms with van der Waals surface area (Å²) in [4.78, 5) is 13.0. The molecule has 0 aliphatic carbocycles. The molecule has 1 rings (SSSR count).